The van der Waals surface area contributed by atoms with Crippen molar-refractivity contribution in [2.24, 2.45) is 0 Å². The van der Waals surface area contributed by atoms with Gasteiger partial charge in [0.2, 0.25) is 0 Å². The average Bonchev–Trinajstić information content (AvgIpc) is 2.39. The average molecular weight is 256 g/mol. The molecule has 2 heterocycles. The zero-order valence-corrected chi connectivity index (χ0v) is 11.7. The molecule has 0 saturated heterocycles. The van der Waals surface area contributed by atoms with E-state index in [1.165, 1.54) is 0 Å². The topological polar surface area (TPSA) is 55.0 Å². The summed E-state index contributed by atoms with van der Waals surface area (Å²) in [5.41, 5.74) is 9.81. The Morgan fingerprint density at radius 1 is 1.26 bits per heavy atom. The molecule has 0 radical (unpaired) electrons. The van der Waals surface area contributed by atoms with Gasteiger partial charge < -0.3 is 10.6 Å². The number of hydrogen-bond acceptors (Lipinski definition) is 4. The highest BCUT2D eigenvalue weighted by Gasteiger charge is 2.09. The Labute approximate surface area is 114 Å². The van der Waals surface area contributed by atoms with E-state index in [0.29, 0.717) is 0 Å². The standard InChI is InChI=1S/C15H20N4/c1-4-19(10-13-7-5-6-12(3)18-13)15-8-14(16)11(2)9-17-15/h5-9H,4,10H2,1-3H3,(H2,16,17). The summed E-state index contributed by atoms with van der Waals surface area (Å²) in [6.45, 7) is 7.68. The lowest BCUT2D eigenvalue weighted by molar-refractivity contribution is 0.790. The van der Waals surface area contributed by atoms with Crippen LogP contribution in [0.2, 0.25) is 0 Å². The SMILES string of the molecule is CCN(Cc1cccc(C)n1)c1cc(N)c(C)cn1. The fourth-order valence-electron chi connectivity index (χ4n) is 1.94. The first-order valence-corrected chi connectivity index (χ1v) is 6.49. The van der Waals surface area contributed by atoms with Crippen LogP contribution in [0.1, 0.15) is 23.9 Å². The normalized spacial score (nSPS) is 10.5. The predicted molar refractivity (Wildman–Crippen MR) is 79.1 cm³/mol. The summed E-state index contributed by atoms with van der Waals surface area (Å²) in [5, 5.41) is 0. The van der Waals surface area contributed by atoms with Crippen LogP contribution in [0.4, 0.5) is 11.5 Å². The maximum atomic E-state index is 5.95. The van der Waals surface area contributed by atoms with Gasteiger partial charge in [-0.2, -0.15) is 0 Å². The van der Waals surface area contributed by atoms with Crippen molar-refractivity contribution >= 4 is 11.5 Å². The van der Waals surface area contributed by atoms with Crippen molar-refractivity contribution in [3.8, 4) is 0 Å². The van der Waals surface area contributed by atoms with Gasteiger partial charge in [0.15, 0.2) is 0 Å². The number of hydrogen-bond donors (Lipinski definition) is 1. The minimum absolute atomic E-state index is 0.744. The van der Waals surface area contributed by atoms with E-state index in [4.69, 9.17) is 5.73 Å². The number of nitrogens with two attached hydrogens (primary N) is 1. The zero-order valence-electron chi connectivity index (χ0n) is 11.7. The molecular weight excluding hydrogens is 236 g/mol. The van der Waals surface area contributed by atoms with Gasteiger partial charge in [-0.05, 0) is 38.5 Å². The van der Waals surface area contributed by atoms with Crippen molar-refractivity contribution in [1.82, 2.24) is 9.97 Å². The fourth-order valence-corrected chi connectivity index (χ4v) is 1.94. The third-order valence-electron chi connectivity index (χ3n) is 3.13. The Morgan fingerprint density at radius 3 is 2.68 bits per heavy atom. The predicted octanol–water partition coefficient (Wildman–Crippen LogP) is 2.70. The number of nitrogens with zero attached hydrogens (tertiary/aromatic N) is 3. The van der Waals surface area contributed by atoms with Crippen LogP contribution >= 0.6 is 0 Å². The molecule has 0 aliphatic rings. The van der Waals surface area contributed by atoms with E-state index in [2.05, 4.69) is 21.8 Å². The summed E-state index contributed by atoms with van der Waals surface area (Å²) in [5.74, 6) is 0.897. The molecule has 4 heteroatoms. The first kappa shape index (κ1) is 13.3. The van der Waals surface area contributed by atoms with Crippen molar-refractivity contribution in [2.75, 3.05) is 17.2 Å². The Balaban J connectivity index is 2.22. The monoisotopic (exact) mass is 256 g/mol. The summed E-state index contributed by atoms with van der Waals surface area (Å²) in [6.07, 6.45) is 1.82. The van der Waals surface area contributed by atoms with E-state index in [1.54, 1.807) is 0 Å². The number of nitrogen functional groups attached to an aromatic ring is 1. The summed E-state index contributed by atoms with van der Waals surface area (Å²) >= 11 is 0. The minimum Gasteiger partial charge on any atom is -0.398 e. The maximum Gasteiger partial charge on any atom is 0.130 e. The molecule has 2 N–H and O–H groups in total. The molecule has 2 aromatic rings. The van der Waals surface area contributed by atoms with Crippen molar-refractivity contribution in [2.45, 2.75) is 27.3 Å². The van der Waals surface area contributed by atoms with Crippen molar-refractivity contribution in [3.05, 3.63) is 47.4 Å². The van der Waals surface area contributed by atoms with Gasteiger partial charge in [0.1, 0.15) is 5.82 Å². The van der Waals surface area contributed by atoms with Gasteiger partial charge in [-0.25, -0.2) is 4.98 Å². The smallest absolute Gasteiger partial charge is 0.130 e. The molecule has 0 unspecified atom stereocenters. The lowest BCUT2D eigenvalue weighted by Crippen LogP contribution is -2.24. The van der Waals surface area contributed by atoms with Gasteiger partial charge in [-0.15, -0.1) is 0 Å². The molecule has 0 saturated carbocycles. The molecule has 0 atom stereocenters. The molecule has 2 aromatic heterocycles. The molecule has 100 valence electrons. The van der Waals surface area contributed by atoms with Gasteiger partial charge >= 0.3 is 0 Å². The molecule has 0 fully saturated rings. The van der Waals surface area contributed by atoms with E-state index in [9.17, 15) is 0 Å². The number of rotatable bonds is 4. The Kier molecular flexibility index (Phi) is 4.00. The molecule has 0 spiro atoms. The molecule has 2 rings (SSSR count). The molecule has 19 heavy (non-hydrogen) atoms. The van der Waals surface area contributed by atoms with Crippen LogP contribution in [0.25, 0.3) is 0 Å². The first-order valence-electron chi connectivity index (χ1n) is 6.49. The van der Waals surface area contributed by atoms with Crippen LogP contribution in [0.5, 0.6) is 0 Å². The number of aromatic nitrogens is 2. The molecule has 0 aromatic carbocycles. The molecular formula is C15H20N4. The summed E-state index contributed by atoms with van der Waals surface area (Å²) < 4.78 is 0. The second kappa shape index (κ2) is 5.69. The second-order valence-electron chi connectivity index (χ2n) is 4.68. The molecule has 0 amide bonds. The largest absolute Gasteiger partial charge is 0.398 e. The highest BCUT2D eigenvalue weighted by atomic mass is 15.2. The lowest BCUT2D eigenvalue weighted by Gasteiger charge is -2.22. The van der Waals surface area contributed by atoms with Crippen LogP contribution in [-0.4, -0.2) is 16.5 Å². The van der Waals surface area contributed by atoms with Crippen molar-refractivity contribution in [1.29, 1.82) is 0 Å². The molecule has 0 aliphatic heterocycles. The van der Waals surface area contributed by atoms with Gasteiger partial charge in [0.25, 0.3) is 0 Å². The summed E-state index contributed by atoms with van der Waals surface area (Å²) in [7, 11) is 0. The third-order valence-corrected chi connectivity index (χ3v) is 3.13. The highest BCUT2D eigenvalue weighted by Crippen LogP contribution is 2.19. The van der Waals surface area contributed by atoms with Gasteiger partial charge in [-0.3, -0.25) is 4.98 Å². The summed E-state index contributed by atoms with van der Waals surface area (Å²) in [4.78, 5) is 11.1. The van der Waals surface area contributed by atoms with Crippen LogP contribution in [0, 0.1) is 13.8 Å². The third kappa shape index (κ3) is 3.22. The molecule has 0 bridgehead atoms. The van der Waals surface area contributed by atoms with E-state index in [0.717, 1.165) is 41.5 Å². The van der Waals surface area contributed by atoms with Crippen LogP contribution in [-0.2, 0) is 6.54 Å². The first-order chi connectivity index (χ1) is 9.10. The van der Waals surface area contributed by atoms with Crippen molar-refractivity contribution in [3.63, 3.8) is 0 Å². The Bertz CT molecular complexity index is 566. The van der Waals surface area contributed by atoms with E-state index >= 15 is 0 Å². The quantitative estimate of drug-likeness (QED) is 0.913. The number of anilines is 2. The highest BCUT2D eigenvalue weighted by molar-refractivity contribution is 5.54. The number of aryl methyl sites for hydroxylation is 2. The molecule has 0 aliphatic carbocycles. The lowest BCUT2D eigenvalue weighted by atomic mass is 10.2. The second-order valence-corrected chi connectivity index (χ2v) is 4.68. The summed E-state index contributed by atoms with van der Waals surface area (Å²) in [6, 6.07) is 7.99. The van der Waals surface area contributed by atoms with Gasteiger partial charge in [0, 0.05) is 30.2 Å². The van der Waals surface area contributed by atoms with Gasteiger partial charge in [-0.1, -0.05) is 6.07 Å². The van der Waals surface area contributed by atoms with E-state index < -0.39 is 0 Å². The van der Waals surface area contributed by atoms with Crippen molar-refractivity contribution < 1.29 is 0 Å². The Hall–Kier alpha value is -2.10. The van der Waals surface area contributed by atoms with Crippen LogP contribution < -0.4 is 10.6 Å². The van der Waals surface area contributed by atoms with Crippen LogP contribution in [0.15, 0.2) is 30.5 Å². The molecule has 4 nitrogen and oxygen atoms in total. The van der Waals surface area contributed by atoms with E-state index in [1.807, 2.05) is 44.3 Å². The number of pyridine rings is 2. The fraction of sp³-hybridized carbons (Fsp3) is 0.333. The Morgan fingerprint density at radius 2 is 2.05 bits per heavy atom. The zero-order chi connectivity index (χ0) is 13.8. The van der Waals surface area contributed by atoms with E-state index in [-0.39, 0.29) is 0 Å². The van der Waals surface area contributed by atoms with Gasteiger partial charge in [0.05, 0.1) is 12.2 Å². The van der Waals surface area contributed by atoms with Crippen LogP contribution in [0.3, 0.4) is 0 Å². The minimum atomic E-state index is 0.744. The maximum absolute atomic E-state index is 5.95.